The first kappa shape index (κ1) is 18.1. The number of carboxylic acids is 1. The van der Waals surface area contributed by atoms with Crippen molar-refractivity contribution in [2.24, 2.45) is 0 Å². The molecule has 1 unspecified atom stereocenters. The third-order valence-electron chi connectivity index (χ3n) is 4.90. The largest absolute Gasteiger partial charge is 0.481 e. The van der Waals surface area contributed by atoms with E-state index in [1.807, 2.05) is 0 Å². The van der Waals surface area contributed by atoms with Crippen molar-refractivity contribution in [3.63, 3.8) is 0 Å². The number of carboxylic acid groups (broad SMARTS) is 1. The molecule has 0 aliphatic carbocycles. The first-order valence-corrected chi connectivity index (χ1v) is 8.81. The summed E-state index contributed by atoms with van der Waals surface area (Å²) < 4.78 is 15.5. The molecule has 138 valence electrons. The maximum absolute atomic E-state index is 14.0. The number of para-hydroxylation sites is 1. The molecule has 1 aromatic carbocycles. The summed E-state index contributed by atoms with van der Waals surface area (Å²) in [5, 5.41) is 13.1. The van der Waals surface area contributed by atoms with Crippen molar-refractivity contribution in [3.8, 4) is 5.69 Å². The van der Waals surface area contributed by atoms with E-state index in [4.69, 9.17) is 5.11 Å². The van der Waals surface area contributed by atoms with Gasteiger partial charge in [0, 0.05) is 19.0 Å². The van der Waals surface area contributed by atoms with Gasteiger partial charge in [-0.15, -0.1) is 0 Å². The van der Waals surface area contributed by atoms with Gasteiger partial charge in [-0.2, -0.15) is 5.10 Å². The fraction of sp³-hybridized carbons (Fsp3) is 0.421. The molecule has 26 heavy (non-hydrogen) atoms. The maximum Gasteiger partial charge on any atom is 0.303 e. The van der Waals surface area contributed by atoms with E-state index in [0.717, 1.165) is 19.3 Å². The highest BCUT2D eigenvalue weighted by Gasteiger charge is 2.30. The SMILES string of the molecule is Cc1c(C(=O)N2CCCCC2CCC(=O)O)cnn1-c1ccccc1F. The summed E-state index contributed by atoms with van der Waals surface area (Å²) in [4.78, 5) is 25.7. The number of carbonyl (C=O) groups is 2. The smallest absolute Gasteiger partial charge is 0.303 e. The molecule has 0 radical (unpaired) electrons. The van der Waals surface area contributed by atoms with Gasteiger partial charge >= 0.3 is 5.97 Å². The van der Waals surface area contributed by atoms with Crippen LogP contribution in [0.2, 0.25) is 0 Å². The molecule has 1 aliphatic heterocycles. The van der Waals surface area contributed by atoms with E-state index in [9.17, 15) is 14.0 Å². The molecule has 1 N–H and O–H groups in total. The molecule has 7 heteroatoms. The van der Waals surface area contributed by atoms with Crippen LogP contribution in [0, 0.1) is 12.7 Å². The molecular weight excluding hydrogens is 337 g/mol. The third kappa shape index (κ3) is 3.61. The first-order valence-electron chi connectivity index (χ1n) is 8.81. The number of aromatic nitrogens is 2. The maximum atomic E-state index is 14.0. The van der Waals surface area contributed by atoms with Gasteiger partial charge in [-0.3, -0.25) is 9.59 Å². The van der Waals surface area contributed by atoms with Gasteiger partial charge in [0.1, 0.15) is 11.5 Å². The van der Waals surface area contributed by atoms with Gasteiger partial charge in [-0.1, -0.05) is 12.1 Å². The van der Waals surface area contributed by atoms with Gasteiger partial charge in [-0.05, 0) is 44.7 Å². The van der Waals surface area contributed by atoms with E-state index in [2.05, 4.69) is 5.10 Å². The number of piperidine rings is 1. The normalized spacial score (nSPS) is 17.3. The summed E-state index contributed by atoms with van der Waals surface area (Å²) in [7, 11) is 0. The predicted molar refractivity (Wildman–Crippen MR) is 93.8 cm³/mol. The number of hydrogen-bond acceptors (Lipinski definition) is 3. The van der Waals surface area contributed by atoms with Gasteiger partial charge in [0.15, 0.2) is 0 Å². The van der Waals surface area contributed by atoms with E-state index in [0.29, 0.717) is 29.9 Å². The lowest BCUT2D eigenvalue weighted by molar-refractivity contribution is -0.137. The lowest BCUT2D eigenvalue weighted by atomic mass is 9.97. The number of likely N-dealkylation sites (tertiary alicyclic amines) is 1. The summed E-state index contributed by atoms with van der Waals surface area (Å²) in [5.41, 5.74) is 1.29. The highest BCUT2D eigenvalue weighted by atomic mass is 19.1. The Morgan fingerprint density at radius 2 is 2.08 bits per heavy atom. The van der Waals surface area contributed by atoms with Crippen molar-refractivity contribution in [1.29, 1.82) is 0 Å². The number of nitrogens with zero attached hydrogens (tertiary/aromatic N) is 3. The molecule has 1 saturated heterocycles. The average Bonchev–Trinajstić information content (AvgIpc) is 3.01. The third-order valence-corrected chi connectivity index (χ3v) is 4.90. The van der Waals surface area contributed by atoms with Crippen LogP contribution >= 0.6 is 0 Å². The molecule has 1 amide bonds. The lowest BCUT2D eigenvalue weighted by Crippen LogP contribution is -2.44. The van der Waals surface area contributed by atoms with Crippen LogP contribution in [0.4, 0.5) is 4.39 Å². The number of hydrogen-bond donors (Lipinski definition) is 1. The van der Waals surface area contributed by atoms with E-state index in [-0.39, 0.29) is 18.4 Å². The molecule has 6 nitrogen and oxygen atoms in total. The van der Waals surface area contributed by atoms with Crippen LogP contribution in [0.25, 0.3) is 5.69 Å². The summed E-state index contributed by atoms with van der Waals surface area (Å²) in [6.07, 6.45) is 4.65. The Morgan fingerprint density at radius 3 is 2.81 bits per heavy atom. The second-order valence-corrected chi connectivity index (χ2v) is 6.59. The van der Waals surface area contributed by atoms with E-state index in [1.54, 1.807) is 30.0 Å². The zero-order valence-corrected chi connectivity index (χ0v) is 14.7. The monoisotopic (exact) mass is 359 g/mol. The van der Waals surface area contributed by atoms with Crippen molar-refractivity contribution in [1.82, 2.24) is 14.7 Å². The van der Waals surface area contributed by atoms with Gasteiger partial charge < -0.3 is 10.0 Å². The minimum atomic E-state index is -0.855. The Morgan fingerprint density at radius 1 is 1.31 bits per heavy atom. The zero-order valence-electron chi connectivity index (χ0n) is 14.7. The number of amides is 1. The highest BCUT2D eigenvalue weighted by Crippen LogP contribution is 2.25. The van der Waals surface area contributed by atoms with Crippen LogP contribution in [0.3, 0.4) is 0 Å². The van der Waals surface area contributed by atoms with E-state index >= 15 is 0 Å². The molecule has 1 aliphatic rings. The molecular formula is C19H22FN3O3. The Hall–Kier alpha value is -2.70. The Balaban J connectivity index is 1.85. The Bertz CT molecular complexity index is 818. The fourth-order valence-corrected chi connectivity index (χ4v) is 3.50. The van der Waals surface area contributed by atoms with Crippen molar-refractivity contribution in [2.75, 3.05) is 6.54 Å². The fourth-order valence-electron chi connectivity index (χ4n) is 3.50. The van der Waals surface area contributed by atoms with Gasteiger partial charge in [0.05, 0.1) is 17.5 Å². The van der Waals surface area contributed by atoms with Gasteiger partial charge in [0.2, 0.25) is 0 Å². The minimum Gasteiger partial charge on any atom is -0.481 e. The second-order valence-electron chi connectivity index (χ2n) is 6.59. The number of benzene rings is 1. The van der Waals surface area contributed by atoms with Crippen LogP contribution in [0.15, 0.2) is 30.5 Å². The van der Waals surface area contributed by atoms with E-state index < -0.39 is 11.8 Å². The van der Waals surface area contributed by atoms with Crippen LogP contribution < -0.4 is 0 Å². The highest BCUT2D eigenvalue weighted by molar-refractivity contribution is 5.95. The molecule has 1 atom stereocenters. The summed E-state index contributed by atoms with van der Waals surface area (Å²) >= 11 is 0. The van der Waals surface area contributed by atoms with Gasteiger partial charge in [0.25, 0.3) is 5.91 Å². The van der Waals surface area contributed by atoms with Crippen LogP contribution in [0.5, 0.6) is 0 Å². The zero-order chi connectivity index (χ0) is 18.7. The second kappa shape index (κ2) is 7.68. The quantitative estimate of drug-likeness (QED) is 0.890. The van der Waals surface area contributed by atoms with Crippen molar-refractivity contribution < 1.29 is 19.1 Å². The van der Waals surface area contributed by atoms with Crippen LogP contribution in [-0.2, 0) is 4.79 Å². The molecule has 0 saturated carbocycles. The minimum absolute atomic E-state index is 0.0436. The van der Waals surface area contributed by atoms with Crippen LogP contribution in [0.1, 0.15) is 48.2 Å². The lowest BCUT2D eigenvalue weighted by Gasteiger charge is -2.35. The molecule has 2 aromatic rings. The van der Waals surface area contributed by atoms with Crippen molar-refractivity contribution in [3.05, 3.63) is 47.5 Å². The number of halogens is 1. The summed E-state index contributed by atoms with van der Waals surface area (Å²) in [6.45, 7) is 2.34. The number of aliphatic carboxylic acids is 1. The molecule has 2 heterocycles. The molecule has 0 bridgehead atoms. The molecule has 0 spiro atoms. The Labute approximate surface area is 151 Å². The van der Waals surface area contributed by atoms with Crippen LogP contribution in [-0.4, -0.2) is 44.3 Å². The summed E-state index contributed by atoms with van der Waals surface area (Å²) in [6, 6.07) is 6.20. The number of carbonyl (C=O) groups excluding carboxylic acids is 1. The molecule has 3 rings (SSSR count). The molecule has 1 aromatic heterocycles. The predicted octanol–water partition coefficient (Wildman–Crippen LogP) is 3.18. The van der Waals surface area contributed by atoms with Crippen molar-refractivity contribution in [2.45, 2.75) is 45.1 Å². The average molecular weight is 359 g/mol. The topological polar surface area (TPSA) is 75.4 Å². The Kier molecular flexibility index (Phi) is 5.35. The van der Waals surface area contributed by atoms with E-state index in [1.165, 1.54) is 16.9 Å². The molecule has 1 fully saturated rings. The van der Waals surface area contributed by atoms with Gasteiger partial charge in [-0.25, -0.2) is 9.07 Å². The number of rotatable bonds is 5. The first-order chi connectivity index (χ1) is 12.5. The standard InChI is InChI=1S/C19H22FN3O3/c1-13-15(12-21-23(13)17-8-3-2-7-16(17)20)19(26)22-11-5-4-6-14(22)9-10-18(24)25/h2-3,7-8,12,14H,4-6,9-11H2,1H3,(H,24,25). The summed E-state index contributed by atoms with van der Waals surface area (Å²) in [5.74, 6) is -1.43. The van der Waals surface area contributed by atoms with Crippen molar-refractivity contribution >= 4 is 11.9 Å².